The zero-order valence-electron chi connectivity index (χ0n) is 19.3. The van der Waals surface area contributed by atoms with E-state index in [4.69, 9.17) is 5.73 Å². The zero-order valence-corrected chi connectivity index (χ0v) is 19.3. The number of nitrogens with one attached hydrogen (secondary N) is 2. The van der Waals surface area contributed by atoms with Gasteiger partial charge in [0.25, 0.3) is 5.91 Å². The number of rotatable bonds is 7. The Bertz CT molecular complexity index is 968. The van der Waals surface area contributed by atoms with Crippen molar-refractivity contribution in [2.45, 2.75) is 71.9 Å². The number of fused-ring (bicyclic) bond motifs is 1. The van der Waals surface area contributed by atoms with Crippen LogP contribution in [0.5, 0.6) is 0 Å². The third-order valence-corrected chi connectivity index (χ3v) is 6.12. The lowest BCUT2D eigenvalue weighted by atomic mass is 9.86. The number of nitrogens with two attached hydrogens (primary N) is 1. The molecule has 1 aromatic carbocycles. The van der Waals surface area contributed by atoms with E-state index >= 15 is 0 Å². The van der Waals surface area contributed by atoms with Gasteiger partial charge in [0.2, 0.25) is 11.8 Å². The molecular formula is C24H35N5O3. The van der Waals surface area contributed by atoms with Crippen LogP contribution in [0.4, 0.5) is 0 Å². The van der Waals surface area contributed by atoms with Crippen LogP contribution in [-0.4, -0.2) is 40.1 Å². The van der Waals surface area contributed by atoms with Crippen LogP contribution in [0.2, 0.25) is 0 Å². The SMILES string of the molecule is CC(C)(C)C(NC(=O)c1nn(CC2CCCCCC2)c2ccccc12)C(=O)NCC(N)=O. The van der Waals surface area contributed by atoms with E-state index < -0.39 is 29.2 Å². The molecule has 2 aromatic rings. The molecule has 0 aliphatic heterocycles. The van der Waals surface area contributed by atoms with Gasteiger partial charge in [-0.1, -0.05) is 64.7 Å². The molecule has 1 aliphatic carbocycles. The van der Waals surface area contributed by atoms with Gasteiger partial charge >= 0.3 is 0 Å². The predicted molar refractivity (Wildman–Crippen MR) is 124 cm³/mol. The van der Waals surface area contributed by atoms with Gasteiger partial charge < -0.3 is 16.4 Å². The highest BCUT2D eigenvalue weighted by Crippen LogP contribution is 2.27. The summed E-state index contributed by atoms with van der Waals surface area (Å²) in [5.74, 6) is -0.944. The molecule has 3 rings (SSSR count). The Morgan fingerprint density at radius 2 is 1.78 bits per heavy atom. The molecule has 8 heteroatoms. The molecule has 3 amide bonds. The Labute approximate surface area is 189 Å². The minimum Gasteiger partial charge on any atom is -0.368 e. The quantitative estimate of drug-likeness (QED) is 0.572. The predicted octanol–water partition coefficient (Wildman–Crippen LogP) is 2.75. The number of amides is 3. The van der Waals surface area contributed by atoms with Gasteiger partial charge in [-0.25, -0.2) is 0 Å². The van der Waals surface area contributed by atoms with Gasteiger partial charge in [-0.15, -0.1) is 0 Å². The van der Waals surface area contributed by atoms with Gasteiger partial charge in [-0.3, -0.25) is 19.1 Å². The first-order valence-corrected chi connectivity index (χ1v) is 11.5. The Morgan fingerprint density at radius 3 is 2.41 bits per heavy atom. The van der Waals surface area contributed by atoms with Crippen LogP contribution in [0.3, 0.4) is 0 Å². The summed E-state index contributed by atoms with van der Waals surface area (Å²) in [6, 6.07) is 6.86. The fraction of sp³-hybridized carbons (Fsp3) is 0.583. The number of aromatic nitrogens is 2. The molecule has 1 aromatic heterocycles. The normalized spacial score (nSPS) is 16.3. The first-order valence-electron chi connectivity index (χ1n) is 11.5. The Morgan fingerprint density at radius 1 is 1.12 bits per heavy atom. The van der Waals surface area contributed by atoms with E-state index in [1.807, 2.05) is 49.7 Å². The van der Waals surface area contributed by atoms with E-state index in [-0.39, 0.29) is 6.54 Å². The largest absolute Gasteiger partial charge is 0.368 e. The molecular weight excluding hydrogens is 406 g/mol. The number of carbonyl (C=O) groups excluding carboxylic acids is 3. The summed E-state index contributed by atoms with van der Waals surface area (Å²) in [5.41, 5.74) is 5.80. The second kappa shape index (κ2) is 10.1. The molecule has 0 saturated heterocycles. The van der Waals surface area contributed by atoms with Crippen LogP contribution in [0.25, 0.3) is 10.9 Å². The smallest absolute Gasteiger partial charge is 0.273 e. The molecule has 1 unspecified atom stereocenters. The molecule has 0 bridgehead atoms. The van der Waals surface area contributed by atoms with E-state index in [9.17, 15) is 14.4 Å². The number of carbonyl (C=O) groups is 3. The molecule has 8 nitrogen and oxygen atoms in total. The summed E-state index contributed by atoms with van der Waals surface area (Å²) in [6.45, 7) is 6.06. The summed E-state index contributed by atoms with van der Waals surface area (Å²) in [5, 5.41) is 10.8. The van der Waals surface area contributed by atoms with Crippen molar-refractivity contribution in [1.29, 1.82) is 0 Å². The molecule has 4 N–H and O–H groups in total. The third-order valence-electron chi connectivity index (χ3n) is 6.12. The third kappa shape index (κ3) is 5.87. The fourth-order valence-corrected chi connectivity index (χ4v) is 4.38. The number of nitrogens with zero attached hydrogens (tertiary/aromatic N) is 2. The van der Waals surface area contributed by atoms with Crippen molar-refractivity contribution in [2.24, 2.45) is 17.1 Å². The lowest BCUT2D eigenvalue weighted by molar-refractivity contribution is -0.128. The Hall–Kier alpha value is -2.90. The van der Waals surface area contributed by atoms with E-state index in [1.165, 1.54) is 38.5 Å². The highest BCUT2D eigenvalue weighted by Gasteiger charge is 2.34. The average Bonchev–Trinajstić information content (AvgIpc) is 2.90. The van der Waals surface area contributed by atoms with Gasteiger partial charge in [0, 0.05) is 11.9 Å². The van der Waals surface area contributed by atoms with Gasteiger partial charge in [0.15, 0.2) is 5.69 Å². The van der Waals surface area contributed by atoms with E-state index in [0.29, 0.717) is 11.6 Å². The fourth-order valence-electron chi connectivity index (χ4n) is 4.38. The van der Waals surface area contributed by atoms with Crippen molar-refractivity contribution in [3.05, 3.63) is 30.0 Å². The number of hydrogen-bond acceptors (Lipinski definition) is 4. The number of benzene rings is 1. The summed E-state index contributed by atoms with van der Waals surface area (Å²) in [4.78, 5) is 37.0. The van der Waals surface area contributed by atoms with E-state index in [1.54, 1.807) is 0 Å². The summed E-state index contributed by atoms with van der Waals surface area (Å²) >= 11 is 0. The Balaban J connectivity index is 1.84. The van der Waals surface area contributed by atoms with Crippen LogP contribution in [-0.2, 0) is 16.1 Å². The van der Waals surface area contributed by atoms with Crippen LogP contribution in [0.15, 0.2) is 24.3 Å². The summed E-state index contributed by atoms with van der Waals surface area (Å²) < 4.78 is 1.94. The average molecular weight is 442 g/mol. The number of para-hydroxylation sites is 1. The molecule has 1 fully saturated rings. The van der Waals surface area contributed by atoms with Crippen molar-refractivity contribution < 1.29 is 14.4 Å². The van der Waals surface area contributed by atoms with Crippen LogP contribution in [0, 0.1) is 11.3 Å². The van der Waals surface area contributed by atoms with E-state index in [0.717, 1.165) is 17.4 Å². The molecule has 1 aliphatic rings. The maximum Gasteiger partial charge on any atom is 0.273 e. The first kappa shape index (κ1) is 23.8. The second-order valence-electron chi connectivity index (χ2n) is 9.86. The van der Waals surface area contributed by atoms with E-state index in [2.05, 4.69) is 15.7 Å². The number of hydrogen-bond donors (Lipinski definition) is 3. The lowest BCUT2D eigenvalue weighted by Gasteiger charge is -2.30. The van der Waals surface area contributed by atoms with Crippen LogP contribution < -0.4 is 16.4 Å². The van der Waals surface area contributed by atoms with Gasteiger partial charge in [-0.05, 0) is 30.2 Å². The standard InChI is InChI=1S/C24H35N5O3/c1-24(2,3)21(23(32)26-14-19(25)30)27-22(31)20-17-12-8-9-13-18(17)29(28-20)15-16-10-6-4-5-7-11-16/h8-9,12-13,16,21H,4-7,10-11,14-15H2,1-3H3,(H2,25,30)(H,26,32)(H,27,31). The highest BCUT2D eigenvalue weighted by molar-refractivity contribution is 6.06. The second-order valence-corrected chi connectivity index (χ2v) is 9.86. The number of primary amides is 1. The molecule has 32 heavy (non-hydrogen) atoms. The molecule has 1 heterocycles. The monoisotopic (exact) mass is 441 g/mol. The molecule has 0 radical (unpaired) electrons. The topological polar surface area (TPSA) is 119 Å². The van der Waals surface area contributed by atoms with Gasteiger partial charge in [0.05, 0.1) is 12.1 Å². The molecule has 174 valence electrons. The Kier molecular flexibility index (Phi) is 7.53. The van der Waals surface area contributed by atoms with Crippen molar-refractivity contribution in [1.82, 2.24) is 20.4 Å². The van der Waals surface area contributed by atoms with Gasteiger partial charge in [0.1, 0.15) is 6.04 Å². The summed E-state index contributed by atoms with van der Waals surface area (Å²) in [6.07, 6.45) is 7.42. The maximum atomic E-state index is 13.3. The van der Waals surface area contributed by atoms with Crippen molar-refractivity contribution in [2.75, 3.05) is 6.54 Å². The maximum absolute atomic E-state index is 13.3. The van der Waals surface area contributed by atoms with Crippen molar-refractivity contribution in [3.8, 4) is 0 Å². The first-order chi connectivity index (χ1) is 15.2. The molecule has 0 spiro atoms. The van der Waals surface area contributed by atoms with Crippen LogP contribution >= 0.6 is 0 Å². The summed E-state index contributed by atoms with van der Waals surface area (Å²) in [7, 11) is 0. The minimum absolute atomic E-state index is 0.278. The molecule has 1 saturated carbocycles. The van der Waals surface area contributed by atoms with Crippen LogP contribution in [0.1, 0.15) is 69.8 Å². The van der Waals surface area contributed by atoms with Gasteiger partial charge in [-0.2, -0.15) is 5.10 Å². The molecule has 1 atom stereocenters. The minimum atomic E-state index is -0.847. The van der Waals surface area contributed by atoms with Crippen molar-refractivity contribution >= 4 is 28.6 Å². The highest BCUT2D eigenvalue weighted by atomic mass is 16.2. The zero-order chi connectivity index (χ0) is 23.3. The lowest BCUT2D eigenvalue weighted by Crippen LogP contribution is -2.54. The van der Waals surface area contributed by atoms with Crippen molar-refractivity contribution in [3.63, 3.8) is 0 Å².